The molecule has 0 unspecified atom stereocenters. The van der Waals surface area contributed by atoms with Crippen LogP contribution in [-0.4, -0.2) is 12.6 Å². The maximum atomic E-state index is 11.9. The van der Waals surface area contributed by atoms with Gasteiger partial charge in [-0.25, -0.2) is 0 Å². The molecule has 0 aliphatic heterocycles. The Morgan fingerprint density at radius 2 is 1.12 bits per heavy atom. The molecule has 2 nitrogen and oxygen atoms in total. The van der Waals surface area contributed by atoms with Gasteiger partial charge in [-0.1, -0.05) is 97.8 Å². The minimum atomic E-state index is 0.0265. The third-order valence-electron chi connectivity index (χ3n) is 4.90. The fourth-order valence-electron chi connectivity index (χ4n) is 3.19. The molecule has 0 heterocycles. The number of rotatable bonds is 18. The zero-order valence-electron chi connectivity index (χ0n) is 16.9. The van der Waals surface area contributed by atoms with E-state index in [1.807, 2.05) is 0 Å². The minimum Gasteiger partial charge on any atom is -0.465 e. The Bertz CT molecular complexity index is 251. The van der Waals surface area contributed by atoms with Crippen molar-refractivity contribution in [1.82, 2.24) is 0 Å². The summed E-state index contributed by atoms with van der Waals surface area (Å²) in [5, 5.41) is 0. The molecular weight excluding hydrogens is 296 g/mol. The van der Waals surface area contributed by atoms with Crippen molar-refractivity contribution in [3.8, 4) is 0 Å². The van der Waals surface area contributed by atoms with E-state index in [1.165, 1.54) is 89.9 Å². The van der Waals surface area contributed by atoms with E-state index in [4.69, 9.17) is 4.74 Å². The lowest BCUT2D eigenvalue weighted by molar-refractivity contribution is -0.145. The summed E-state index contributed by atoms with van der Waals surface area (Å²) in [6.07, 6.45) is 19.5. The molecule has 0 spiro atoms. The van der Waals surface area contributed by atoms with Gasteiger partial charge in [-0.3, -0.25) is 4.79 Å². The Labute approximate surface area is 152 Å². The first-order chi connectivity index (χ1) is 11.7. The van der Waals surface area contributed by atoms with Crippen LogP contribution in [0.5, 0.6) is 0 Å². The third-order valence-corrected chi connectivity index (χ3v) is 4.90. The van der Waals surface area contributed by atoms with Gasteiger partial charge in [-0.2, -0.15) is 0 Å². The van der Waals surface area contributed by atoms with Gasteiger partial charge in [0.25, 0.3) is 0 Å². The summed E-state index contributed by atoms with van der Waals surface area (Å²) in [4.78, 5) is 11.9. The zero-order valence-corrected chi connectivity index (χ0v) is 16.9. The lowest BCUT2D eigenvalue weighted by Gasteiger charge is -2.17. The molecule has 0 aromatic heterocycles. The van der Waals surface area contributed by atoms with Gasteiger partial charge in [0.15, 0.2) is 0 Å². The second kappa shape index (κ2) is 18.8. The zero-order chi connectivity index (χ0) is 17.9. The highest BCUT2D eigenvalue weighted by atomic mass is 16.5. The summed E-state index contributed by atoms with van der Waals surface area (Å²) in [6.45, 7) is 7.39. The van der Waals surface area contributed by atoms with Crippen molar-refractivity contribution in [2.75, 3.05) is 6.61 Å². The molecule has 0 saturated carbocycles. The smallest absolute Gasteiger partial charge is 0.305 e. The molecule has 0 N–H and O–H groups in total. The lowest BCUT2D eigenvalue weighted by atomic mass is 9.95. The molecule has 24 heavy (non-hydrogen) atoms. The van der Waals surface area contributed by atoms with Crippen molar-refractivity contribution in [1.29, 1.82) is 0 Å². The summed E-state index contributed by atoms with van der Waals surface area (Å²) in [5.74, 6) is 0.612. The average Bonchev–Trinajstić information content (AvgIpc) is 2.59. The minimum absolute atomic E-state index is 0.0265. The lowest BCUT2D eigenvalue weighted by Crippen LogP contribution is -2.14. The maximum Gasteiger partial charge on any atom is 0.305 e. The molecule has 0 bridgehead atoms. The molecule has 0 rings (SSSR count). The van der Waals surface area contributed by atoms with E-state index < -0.39 is 0 Å². The number of carbonyl (C=O) groups excluding carboxylic acids is 1. The molecule has 0 fully saturated rings. The Kier molecular flexibility index (Phi) is 18.4. The van der Waals surface area contributed by atoms with Gasteiger partial charge in [0.2, 0.25) is 0 Å². The van der Waals surface area contributed by atoms with Gasteiger partial charge in [-0.15, -0.1) is 0 Å². The van der Waals surface area contributed by atoms with Gasteiger partial charge in [-0.05, 0) is 25.2 Å². The van der Waals surface area contributed by atoms with Crippen LogP contribution in [0.1, 0.15) is 124 Å². The van der Waals surface area contributed by atoms with Crippen molar-refractivity contribution >= 4 is 5.97 Å². The molecule has 0 amide bonds. The van der Waals surface area contributed by atoms with Crippen LogP contribution < -0.4 is 0 Å². The Morgan fingerprint density at radius 1 is 0.667 bits per heavy atom. The van der Waals surface area contributed by atoms with Crippen LogP contribution in [-0.2, 0) is 9.53 Å². The van der Waals surface area contributed by atoms with E-state index in [2.05, 4.69) is 20.8 Å². The van der Waals surface area contributed by atoms with Crippen LogP contribution in [0.25, 0.3) is 0 Å². The quantitative estimate of drug-likeness (QED) is 0.191. The monoisotopic (exact) mass is 340 g/mol. The summed E-state index contributed by atoms with van der Waals surface area (Å²) in [5.41, 5.74) is 0. The van der Waals surface area contributed by atoms with Gasteiger partial charge in [0.05, 0.1) is 6.61 Å². The van der Waals surface area contributed by atoms with Crippen molar-refractivity contribution in [2.45, 2.75) is 124 Å². The number of carbonyl (C=O) groups is 1. The summed E-state index contributed by atoms with van der Waals surface area (Å²) in [6, 6.07) is 0. The molecule has 0 aromatic carbocycles. The van der Waals surface area contributed by atoms with E-state index in [1.54, 1.807) is 0 Å². The molecule has 2 heteroatoms. The van der Waals surface area contributed by atoms with Crippen molar-refractivity contribution in [3.63, 3.8) is 0 Å². The highest BCUT2D eigenvalue weighted by Crippen LogP contribution is 2.19. The van der Waals surface area contributed by atoms with Crippen LogP contribution in [0.3, 0.4) is 0 Å². The van der Waals surface area contributed by atoms with Crippen LogP contribution in [0.4, 0.5) is 0 Å². The molecule has 0 aromatic rings. The first-order valence-corrected chi connectivity index (χ1v) is 10.9. The van der Waals surface area contributed by atoms with Gasteiger partial charge < -0.3 is 4.74 Å². The second-order valence-corrected chi connectivity index (χ2v) is 7.41. The average molecular weight is 341 g/mol. The van der Waals surface area contributed by atoms with E-state index in [0.717, 1.165) is 6.42 Å². The predicted octanol–water partition coefficient (Wildman–Crippen LogP) is 7.45. The number of hydrogen-bond acceptors (Lipinski definition) is 2. The van der Waals surface area contributed by atoms with Crippen LogP contribution >= 0.6 is 0 Å². The van der Waals surface area contributed by atoms with E-state index in [0.29, 0.717) is 18.9 Å². The van der Waals surface area contributed by atoms with Crippen molar-refractivity contribution in [2.24, 2.45) is 5.92 Å². The second-order valence-electron chi connectivity index (χ2n) is 7.41. The van der Waals surface area contributed by atoms with Crippen molar-refractivity contribution < 1.29 is 9.53 Å². The van der Waals surface area contributed by atoms with Gasteiger partial charge in [0, 0.05) is 6.42 Å². The van der Waals surface area contributed by atoms with Crippen LogP contribution in [0, 0.1) is 5.92 Å². The first kappa shape index (κ1) is 23.5. The molecule has 0 atom stereocenters. The topological polar surface area (TPSA) is 26.3 Å². The third kappa shape index (κ3) is 16.3. The van der Waals surface area contributed by atoms with Gasteiger partial charge >= 0.3 is 5.97 Å². The molecule has 0 saturated heterocycles. The van der Waals surface area contributed by atoms with E-state index >= 15 is 0 Å². The standard InChI is InChI=1S/C22H44O2/c1-4-7-10-13-16-19-22(23)24-20-21(17-14-11-8-5-2)18-15-12-9-6-3/h21H,4-20H2,1-3H3. The summed E-state index contributed by atoms with van der Waals surface area (Å²) < 4.78 is 5.59. The Morgan fingerprint density at radius 3 is 1.62 bits per heavy atom. The number of ether oxygens (including phenoxy) is 1. The largest absolute Gasteiger partial charge is 0.465 e. The molecule has 144 valence electrons. The fourth-order valence-corrected chi connectivity index (χ4v) is 3.19. The maximum absolute atomic E-state index is 11.9. The van der Waals surface area contributed by atoms with Crippen LogP contribution in [0.15, 0.2) is 0 Å². The highest BCUT2D eigenvalue weighted by molar-refractivity contribution is 5.69. The Balaban J connectivity index is 3.87. The molecule has 0 radical (unpaired) electrons. The highest BCUT2D eigenvalue weighted by Gasteiger charge is 2.12. The Hall–Kier alpha value is -0.530. The molecular formula is C22H44O2. The normalized spacial score (nSPS) is 11.2. The summed E-state index contributed by atoms with van der Waals surface area (Å²) in [7, 11) is 0. The van der Waals surface area contributed by atoms with E-state index in [9.17, 15) is 4.79 Å². The predicted molar refractivity (Wildman–Crippen MR) is 105 cm³/mol. The summed E-state index contributed by atoms with van der Waals surface area (Å²) >= 11 is 0. The van der Waals surface area contributed by atoms with Crippen molar-refractivity contribution in [3.05, 3.63) is 0 Å². The van der Waals surface area contributed by atoms with E-state index in [-0.39, 0.29) is 5.97 Å². The molecule has 0 aliphatic rings. The molecule has 0 aliphatic carbocycles. The van der Waals surface area contributed by atoms with Gasteiger partial charge in [0.1, 0.15) is 0 Å². The first-order valence-electron chi connectivity index (χ1n) is 10.9. The fraction of sp³-hybridized carbons (Fsp3) is 0.955. The number of esters is 1. The number of hydrogen-bond donors (Lipinski definition) is 0. The SMILES string of the molecule is CCCCCCCC(=O)OCC(CCCCCC)CCCCCC. The number of unbranched alkanes of at least 4 members (excludes halogenated alkanes) is 10. The van der Waals surface area contributed by atoms with Crippen LogP contribution in [0.2, 0.25) is 0 Å².